The van der Waals surface area contributed by atoms with E-state index < -0.39 is 0 Å². The number of carbonyl (C=O) groups is 1. The van der Waals surface area contributed by atoms with E-state index in [1.165, 1.54) is 11.3 Å². The van der Waals surface area contributed by atoms with E-state index in [4.69, 9.17) is 5.73 Å². The number of carbonyl (C=O) groups excluding carboxylic acids is 1. The smallest absolute Gasteiger partial charge is 0.232 e. The molecule has 0 aliphatic carbocycles. The molecule has 8 heteroatoms. The second-order valence-electron chi connectivity index (χ2n) is 5.58. The first-order valence-corrected chi connectivity index (χ1v) is 9.51. The standard InChI is InChI=1S/C16H11Br2N3O2S/c17-8-4-6(5-9(18)13(8)22)3-7-12-10(20-15(7)23)1-2-11-14(12)24-16(19)21-11/h1-2,4-5,7,22H,3H2,(H2,19,21)(H,20,23). The van der Waals surface area contributed by atoms with Gasteiger partial charge in [-0.3, -0.25) is 4.79 Å². The Kier molecular flexibility index (Phi) is 3.78. The fourth-order valence-corrected chi connectivity index (χ4v) is 5.22. The molecule has 1 aliphatic rings. The highest BCUT2D eigenvalue weighted by atomic mass is 79.9. The molecule has 1 atom stereocenters. The lowest BCUT2D eigenvalue weighted by Gasteiger charge is -2.11. The first-order valence-electron chi connectivity index (χ1n) is 7.10. The van der Waals surface area contributed by atoms with Gasteiger partial charge in [-0.25, -0.2) is 4.98 Å². The first-order chi connectivity index (χ1) is 11.4. The van der Waals surface area contributed by atoms with Crippen molar-refractivity contribution in [3.63, 3.8) is 0 Å². The van der Waals surface area contributed by atoms with Crippen LogP contribution in [0.2, 0.25) is 0 Å². The number of anilines is 2. The van der Waals surface area contributed by atoms with Crippen molar-refractivity contribution < 1.29 is 9.90 Å². The van der Waals surface area contributed by atoms with Gasteiger partial charge in [0.25, 0.3) is 0 Å². The van der Waals surface area contributed by atoms with E-state index in [0.717, 1.165) is 27.0 Å². The van der Waals surface area contributed by atoms with Crippen LogP contribution in [0.25, 0.3) is 10.2 Å². The maximum Gasteiger partial charge on any atom is 0.232 e. The number of nitrogens with two attached hydrogens (primary N) is 1. The lowest BCUT2D eigenvalue weighted by atomic mass is 9.93. The number of amides is 1. The number of aromatic nitrogens is 1. The summed E-state index contributed by atoms with van der Waals surface area (Å²) in [5.74, 6) is -0.204. The molecule has 0 radical (unpaired) electrons. The van der Waals surface area contributed by atoms with Gasteiger partial charge in [-0.05, 0) is 68.1 Å². The van der Waals surface area contributed by atoms with Crippen LogP contribution in [-0.4, -0.2) is 16.0 Å². The van der Waals surface area contributed by atoms with Crippen LogP contribution in [0, 0.1) is 0 Å². The molecule has 1 unspecified atom stereocenters. The lowest BCUT2D eigenvalue weighted by Crippen LogP contribution is -2.14. The number of hydrogen-bond donors (Lipinski definition) is 3. The molecule has 24 heavy (non-hydrogen) atoms. The van der Waals surface area contributed by atoms with E-state index in [1.807, 2.05) is 24.3 Å². The summed E-state index contributed by atoms with van der Waals surface area (Å²) >= 11 is 8.06. The minimum Gasteiger partial charge on any atom is -0.506 e. The third-order valence-corrected chi connectivity index (χ3v) is 6.19. The molecular weight excluding hydrogens is 458 g/mol. The maximum atomic E-state index is 12.5. The molecule has 0 bridgehead atoms. The van der Waals surface area contributed by atoms with E-state index in [2.05, 4.69) is 42.2 Å². The summed E-state index contributed by atoms with van der Waals surface area (Å²) < 4.78 is 2.13. The van der Waals surface area contributed by atoms with Gasteiger partial charge < -0.3 is 16.2 Å². The summed E-state index contributed by atoms with van der Waals surface area (Å²) in [5, 5.41) is 13.3. The molecule has 122 valence electrons. The monoisotopic (exact) mass is 467 g/mol. The number of fused-ring (bicyclic) bond motifs is 3. The minimum atomic E-state index is -0.313. The number of nitrogens with zero attached hydrogens (tertiary/aromatic N) is 1. The molecule has 4 rings (SSSR count). The second kappa shape index (κ2) is 5.72. The molecule has 5 nitrogen and oxygen atoms in total. The average Bonchev–Trinajstić information content (AvgIpc) is 3.04. The number of benzene rings is 2. The van der Waals surface area contributed by atoms with Crippen molar-refractivity contribution in [1.82, 2.24) is 4.98 Å². The second-order valence-corrected chi connectivity index (χ2v) is 8.32. The Labute approximate surface area is 158 Å². The van der Waals surface area contributed by atoms with Gasteiger partial charge in [-0.1, -0.05) is 11.3 Å². The van der Waals surface area contributed by atoms with Gasteiger partial charge >= 0.3 is 0 Å². The number of thiazole rings is 1. The van der Waals surface area contributed by atoms with Crippen molar-refractivity contribution in [2.24, 2.45) is 0 Å². The third kappa shape index (κ3) is 2.49. The molecular formula is C16H11Br2N3O2S. The number of nitrogens with one attached hydrogen (secondary N) is 1. The van der Waals surface area contributed by atoms with E-state index in [1.54, 1.807) is 0 Å². The number of phenols is 1. The molecule has 0 fully saturated rings. The fourth-order valence-electron chi connectivity index (χ4n) is 3.00. The molecule has 3 aromatic rings. The Bertz CT molecular complexity index is 979. The summed E-state index contributed by atoms with van der Waals surface area (Å²) in [5.41, 5.74) is 9.35. The minimum absolute atomic E-state index is 0.0372. The van der Waals surface area contributed by atoms with Crippen LogP contribution in [0.4, 0.5) is 10.8 Å². The molecule has 1 aliphatic heterocycles. The summed E-state index contributed by atoms with van der Waals surface area (Å²) in [6.07, 6.45) is 0.521. The maximum absolute atomic E-state index is 12.5. The van der Waals surface area contributed by atoms with Crippen molar-refractivity contribution in [2.45, 2.75) is 12.3 Å². The highest BCUT2D eigenvalue weighted by Crippen LogP contribution is 2.43. The predicted molar refractivity (Wildman–Crippen MR) is 103 cm³/mol. The SMILES string of the molecule is Nc1nc2ccc3c(c2s1)C(Cc1cc(Br)c(O)c(Br)c1)C(=O)N3. The van der Waals surface area contributed by atoms with Gasteiger partial charge in [-0.2, -0.15) is 0 Å². The zero-order chi connectivity index (χ0) is 17.0. The van der Waals surface area contributed by atoms with Crippen LogP contribution < -0.4 is 11.1 Å². The Hall–Kier alpha value is -1.64. The lowest BCUT2D eigenvalue weighted by molar-refractivity contribution is -0.117. The quantitative estimate of drug-likeness (QED) is 0.520. The Balaban J connectivity index is 1.81. The molecule has 4 N–H and O–H groups in total. The zero-order valence-electron chi connectivity index (χ0n) is 12.1. The van der Waals surface area contributed by atoms with Crippen LogP contribution in [0.5, 0.6) is 5.75 Å². The Morgan fingerprint density at radius 3 is 2.71 bits per heavy atom. The third-order valence-electron chi connectivity index (χ3n) is 4.05. The van der Waals surface area contributed by atoms with Crippen molar-refractivity contribution in [1.29, 1.82) is 0 Å². The predicted octanol–water partition coefficient (Wildman–Crippen LogP) is 4.39. The molecule has 0 saturated carbocycles. The first kappa shape index (κ1) is 15.9. The van der Waals surface area contributed by atoms with E-state index in [9.17, 15) is 9.90 Å². The number of hydrogen-bond acceptors (Lipinski definition) is 5. The number of aromatic hydroxyl groups is 1. The van der Waals surface area contributed by atoms with Crippen molar-refractivity contribution in [3.8, 4) is 5.75 Å². The van der Waals surface area contributed by atoms with Crippen LogP contribution in [0.3, 0.4) is 0 Å². The number of halogens is 2. The topological polar surface area (TPSA) is 88.2 Å². The van der Waals surface area contributed by atoms with Gasteiger partial charge in [0.1, 0.15) is 5.75 Å². The number of rotatable bonds is 2. The molecule has 2 heterocycles. The highest BCUT2D eigenvalue weighted by Gasteiger charge is 2.33. The van der Waals surface area contributed by atoms with Crippen LogP contribution in [0.15, 0.2) is 33.2 Å². The number of phenolic OH excluding ortho intramolecular Hbond substituents is 1. The largest absolute Gasteiger partial charge is 0.506 e. The van der Waals surface area contributed by atoms with Crippen LogP contribution in [0.1, 0.15) is 17.0 Å². The molecule has 0 spiro atoms. The van der Waals surface area contributed by atoms with E-state index in [-0.39, 0.29) is 17.6 Å². The van der Waals surface area contributed by atoms with Gasteiger partial charge in [0, 0.05) is 11.3 Å². The summed E-state index contributed by atoms with van der Waals surface area (Å²) in [6, 6.07) is 7.40. The Morgan fingerprint density at radius 2 is 2.00 bits per heavy atom. The van der Waals surface area contributed by atoms with Gasteiger partial charge in [0.15, 0.2) is 5.13 Å². The molecule has 1 aromatic heterocycles. The van der Waals surface area contributed by atoms with E-state index in [0.29, 0.717) is 20.5 Å². The molecule has 1 amide bonds. The van der Waals surface area contributed by atoms with Gasteiger partial charge in [0.05, 0.1) is 25.1 Å². The van der Waals surface area contributed by atoms with Crippen molar-refractivity contribution >= 4 is 70.1 Å². The van der Waals surface area contributed by atoms with Crippen molar-refractivity contribution in [3.05, 3.63) is 44.3 Å². The fraction of sp³-hybridized carbons (Fsp3) is 0.125. The highest BCUT2D eigenvalue weighted by molar-refractivity contribution is 9.11. The number of nitrogen functional groups attached to an aromatic ring is 1. The van der Waals surface area contributed by atoms with Crippen LogP contribution in [-0.2, 0) is 11.2 Å². The summed E-state index contributed by atoms with van der Waals surface area (Å²) in [7, 11) is 0. The molecule has 2 aromatic carbocycles. The van der Waals surface area contributed by atoms with Crippen molar-refractivity contribution in [2.75, 3.05) is 11.1 Å². The Morgan fingerprint density at radius 1 is 1.29 bits per heavy atom. The van der Waals surface area contributed by atoms with Gasteiger partial charge in [-0.15, -0.1) is 0 Å². The van der Waals surface area contributed by atoms with Gasteiger partial charge in [0.2, 0.25) is 5.91 Å². The normalized spacial score (nSPS) is 16.4. The zero-order valence-corrected chi connectivity index (χ0v) is 16.1. The van der Waals surface area contributed by atoms with Crippen LogP contribution >= 0.6 is 43.2 Å². The molecule has 0 saturated heterocycles. The summed E-state index contributed by atoms with van der Waals surface area (Å²) in [6.45, 7) is 0. The average molecular weight is 469 g/mol. The van der Waals surface area contributed by atoms with E-state index >= 15 is 0 Å². The summed E-state index contributed by atoms with van der Waals surface area (Å²) in [4.78, 5) is 16.8.